The van der Waals surface area contributed by atoms with E-state index in [-0.39, 0.29) is 24.4 Å². The van der Waals surface area contributed by atoms with E-state index in [9.17, 15) is 9.59 Å². The van der Waals surface area contributed by atoms with Gasteiger partial charge in [0, 0.05) is 17.3 Å². The monoisotopic (exact) mass is 582 g/mol. The van der Waals surface area contributed by atoms with Crippen LogP contribution in [0.25, 0.3) is 11.4 Å². The Labute approximate surface area is 251 Å². The predicted molar refractivity (Wildman–Crippen MR) is 161 cm³/mol. The van der Waals surface area contributed by atoms with Crippen molar-refractivity contribution in [2.24, 2.45) is 0 Å². The molecule has 2 aromatic heterocycles. The number of hydrogen-bond acceptors (Lipinski definition) is 7. The first-order valence-electron chi connectivity index (χ1n) is 15.3. The van der Waals surface area contributed by atoms with Crippen LogP contribution in [0.1, 0.15) is 81.1 Å². The quantitative estimate of drug-likeness (QED) is 0.250. The van der Waals surface area contributed by atoms with E-state index >= 15 is 0 Å². The van der Waals surface area contributed by atoms with Gasteiger partial charge in [0.25, 0.3) is 11.8 Å². The molecule has 1 atom stereocenters. The third kappa shape index (κ3) is 6.63. The van der Waals surface area contributed by atoms with Gasteiger partial charge in [0.15, 0.2) is 6.04 Å². The Kier molecular flexibility index (Phi) is 8.81. The highest BCUT2D eigenvalue weighted by Gasteiger charge is 2.36. The fraction of sp³-hybridized carbons (Fsp3) is 0.424. The summed E-state index contributed by atoms with van der Waals surface area (Å²) in [5, 5.41) is 16.0. The highest BCUT2D eigenvalue weighted by atomic mass is 16.5. The lowest BCUT2D eigenvalue weighted by atomic mass is 9.84. The highest BCUT2D eigenvalue weighted by molar-refractivity contribution is 6.01. The van der Waals surface area contributed by atoms with Gasteiger partial charge in [0.2, 0.25) is 5.82 Å². The molecule has 224 valence electrons. The molecule has 0 spiro atoms. The number of benzene rings is 2. The lowest BCUT2D eigenvalue weighted by molar-refractivity contribution is -0.128. The van der Waals surface area contributed by atoms with Crippen LogP contribution in [0.2, 0.25) is 0 Å². The third-order valence-electron chi connectivity index (χ3n) is 8.62. The first-order chi connectivity index (χ1) is 21.1. The molecular weight excluding hydrogens is 544 g/mol. The van der Waals surface area contributed by atoms with Gasteiger partial charge in [-0.3, -0.25) is 14.5 Å². The SMILES string of the molecule is COc1ccc(-c2nnn(CC(=O)N(c3ccc(C4CCCCC4)cc3)[C@H](C(=O)NC3CCCC3)c3ccco3)n2)cc1. The third-order valence-corrected chi connectivity index (χ3v) is 8.62. The van der Waals surface area contributed by atoms with Gasteiger partial charge >= 0.3 is 0 Å². The smallest absolute Gasteiger partial charge is 0.251 e. The zero-order valence-corrected chi connectivity index (χ0v) is 24.5. The number of carbonyl (C=O) groups excluding carboxylic acids is 2. The maximum atomic E-state index is 14.2. The van der Waals surface area contributed by atoms with Crippen molar-refractivity contribution in [1.82, 2.24) is 25.5 Å². The van der Waals surface area contributed by atoms with Gasteiger partial charge in [-0.25, -0.2) is 0 Å². The Hall–Kier alpha value is -4.47. The number of ether oxygens (including phenoxy) is 1. The first kappa shape index (κ1) is 28.6. The van der Waals surface area contributed by atoms with E-state index in [1.807, 2.05) is 36.4 Å². The second-order valence-electron chi connectivity index (χ2n) is 11.5. The number of nitrogens with one attached hydrogen (secondary N) is 1. The fourth-order valence-electron chi connectivity index (χ4n) is 6.31. The molecule has 2 heterocycles. The zero-order valence-electron chi connectivity index (χ0n) is 24.5. The molecule has 0 radical (unpaired) electrons. The molecule has 43 heavy (non-hydrogen) atoms. The van der Waals surface area contributed by atoms with Gasteiger partial charge in [0.05, 0.1) is 13.4 Å². The van der Waals surface area contributed by atoms with Crippen molar-refractivity contribution in [3.8, 4) is 17.1 Å². The van der Waals surface area contributed by atoms with E-state index in [1.165, 1.54) is 53.6 Å². The summed E-state index contributed by atoms with van der Waals surface area (Å²) in [5.41, 5.74) is 2.63. The van der Waals surface area contributed by atoms with E-state index in [0.717, 1.165) is 37.0 Å². The molecule has 4 aromatic rings. The van der Waals surface area contributed by atoms with E-state index in [2.05, 4.69) is 32.9 Å². The van der Waals surface area contributed by atoms with Crippen LogP contribution < -0.4 is 15.0 Å². The van der Waals surface area contributed by atoms with Crippen LogP contribution in [0.15, 0.2) is 71.3 Å². The Bertz CT molecular complexity index is 1490. The van der Waals surface area contributed by atoms with Gasteiger partial charge in [-0.05, 0) is 90.9 Å². The predicted octanol–water partition coefficient (Wildman–Crippen LogP) is 5.82. The van der Waals surface area contributed by atoms with Crippen LogP contribution in [0.3, 0.4) is 0 Å². The maximum Gasteiger partial charge on any atom is 0.251 e. The zero-order chi connectivity index (χ0) is 29.6. The summed E-state index contributed by atoms with van der Waals surface area (Å²) in [4.78, 5) is 30.8. The van der Waals surface area contributed by atoms with Crippen molar-refractivity contribution in [2.75, 3.05) is 12.0 Å². The van der Waals surface area contributed by atoms with Crippen LogP contribution in [0.4, 0.5) is 5.69 Å². The summed E-state index contributed by atoms with van der Waals surface area (Å²) in [5.74, 6) is 1.40. The van der Waals surface area contributed by atoms with Crippen molar-refractivity contribution in [1.29, 1.82) is 0 Å². The summed E-state index contributed by atoms with van der Waals surface area (Å²) < 4.78 is 11.0. The van der Waals surface area contributed by atoms with E-state index in [4.69, 9.17) is 9.15 Å². The number of amides is 2. The lowest BCUT2D eigenvalue weighted by Crippen LogP contribution is -2.47. The van der Waals surface area contributed by atoms with Crippen LogP contribution in [-0.4, -0.2) is 45.2 Å². The van der Waals surface area contributed by atoms with Crippen LogP contribution in [0.5, 0.6) is 5.75 Å². The molecule has 10 nitrogen and oxygen atoms in total. The largest absolute Gasteiger partial charge is 0.497 e. The minimum Gasteiger partial charge on any atom is -0.497 e. The average Bonchev–Trinajstić information content (AvgIpc) is 3.85. The van der Waals surface area contributed by atoms with Gasteiger partial charge in [0.1, 0.15) is 18.1 Å². The topological polar surface area (TPSA) is 115 Å². The minimum atomic E-state index is -0.992. The van der Waals surface area contributed by atoms with E-state index in [1.54, 1.807) is 19.2 Å². The van der Waals surface area contributed by atoms with Crippen molar-refractivity contribution in [2.45, 2.75) is 82.3 Å². The van der Waals surface area contributed by atoms with Crippen molar-refractivity contribution < 1.29 is 18.7 Å². The summed E-state index contributed by atoms with van der Waals surface area (Å²) in [6.07, 6.45) is 11.7. The van der Waals surface area contributed by atoms with Gasteiger partial charge in [-0.1, -0.05) is 44.2 Å². The molecule has 0 aliphatic heterocycles. The molecule has 10 heteroatoms. The number of tetrazole rings is 1. The summed E-state index contributed by atoms with van der Waals surface area (Å²) in [7, 11) is 1.61. The second-order valence-corrected chi connectivity index (χ2v) is 11.5. The van der Waals surface area contributed by atoms with Crippen molar-refractivity contribution in [3.63, 3.8) is 0 Å². The second kappa shape index (κ2) is 13.2. The van der Waals surface area contributed by atoms with E-state index < -0.39 is 6.04 Å². The molecule has 2 amide bonds. The molecular formula is C33H38N6O4. The molecule has 2 fully saturated rings. The Morgan fingerprint density at radius 1 is 0.977 bits per heavy atom. The van der Waals surface area contributed by atoms with Crippen LogP contribution in [0, 0.1) is 0 Å². The van der Waals surface area contributed by atoms with Gasteiger partial charge in [-0.2, -0.15) is 4.80 Å². The number of carbonyl (C=O) groups is 2. The minimum absolute atomic E-state index is 0.0830. The number of furan rings is 1. The molecule has 0 saturated heterocycles. The number of hydrogen-bond donors (Lipinski definition) is 1. The van der Waals surface area contributed by atoms with Crippen molar-refractivity contribution in [3.05, 3.63) is 78.3 Å². The van der Waals surface area contributed by atoms with Crippen molar-refractivity contribution >= 4 is 17.5 Å². The van der Waals surface area contributed by atoms with Crippen LogP contribution >= 0.6 is 0 Å². The lowest BCUT2D eigenvalue weighted by Gasteiger charge is -2.31. The average molecular weight is 583 g/mol. The Morgan fingerprint density at radius 3 is 2.37 bits per heavy atom. The summed E-state index contributed by atoms with van der Waals surface area (Å²) in [6, 6.07) is 17.9. The molecule has 2 saturated carbocycles. The van der Waals surface area contributed by atoms with E-state index in [0.29, 0.717) is 23.2 Å². The van der Waals surface area contributed by atoms with Crippen LogP contribution in [-0.2, 0) is 16.1 Å². The normalized spacial score (nSPS) is 16.6. The molecule has 2 aromatic carbocycles. The van der Waals surface area contributed by atoms with Gasteiger partial charge < -0.3 is 14.5 Å². The molecule has 2 aliphatic carbocycles. The number of methoxy groups -OCH3 is 1. The molecule has 0 bridgehead atoms. The number of nitrogens with zero attached hydrogens (tertiary/aromatic N) is 5. The summed E-state index contributed by atoms with van der Waals surface area (Å²) in [6.45, 7) is -0.207. The molecule has 0 unspecified atom stereocenters. The standard InChI is InChI=1S/C33H38N6O4/c1-42-28-19-15-25(16-20-28)32-35-37-38(36-32)22-30(40)39(27-17-13-24(14-18-27)23-8-3-2-4-9-23)31(29-12-7-21-43-29)33(41)34-26-10-5-6-11-26/h7,12-21,23,26,31H,2-6,8-11,22H2,1H3,(H,34,41)/t31-/m0/s1. The molecule has 1 N–H and O–H groups in total. The number of anilines is 1. The maximum absolute atomic E-state index is 14.2. The number of rotatable bonds is 10. The summed E-state index contributed by atoms with van der Waals surface area (Å²) >= 11 is 0. The fourth-order valence-corrected chi connectivity index (χ4v) is 6.31. The number of aromatic nitrogens is 4. The Balaban J connectivity index is 1.31. The molecule has 6 rings (SSSR count). The highest BCUT2D eigenvalue weighted by Crippen LogP contribution is 2.35. The van der Waals surface area contributed by atoms with Gasteiger partial charge in [-0.15, -0.1) is 10.2 Å². The first-order valence-corrected chi connectivity index (χ1v) is 15.3. The molecule has 2 aliphatic rings. The Morgan fingerprint density at radius 2 is 1.70 bits per heavy atom.